The van der Waals surface area contributed by atoms with Gasteiger partial charge in [0.2, 0.25) is 10.0 Å². The summed E-state index contributed by atoms with van der Waals surface area (Å²) in [7, 11) is -0.573. The van der Waals surface area contributed by atoms with Gasteiger partial charge in [0.05, 0.1) is 22.8 Å². The Hall–Kier alpha value is -2.62. The van der Waals surface area contributed by atoms with E-state index in [-0.39, 0.29) is 10.8 Å². The fraction of sp³-hybridized carbons (Fsp3) is 0.273. The number of hydrogen-bond donors (Lipinski definition) is 1. The first-order valence-electron chi connectivity index (χ1n) is 9.87. The molecule has 1 N–H and O–H groups in total. The van der Waals surface area contributed by atoms with E-state index < -0.39 is 10.0 Å². The van der Waals surface area contributed by atoms with Crippen LogP contribution in [0.4, 0.5) is 0 Å². The number of nitrogens with zero attached hydrogens (tertiary/aromatic N) is 3. The van der Waals surface area contributed by atoms with Gasteiger partial charge in [-0.3, -0.25) is 4.79 Å². The SMILES string of the molecule is Cc1ccc(-c2nc3n(c2CNC(=O)c2ccc(S(=O)(=O)N(C)C)cc2)CCS3)cc1. The second kappa shape index (κ2) is 8.49. The number of nitrogens with one attached hydrogen (secondary N) is 1. The molecule has 0 spiro atoms. The van der Waals surface area contributed by atoms with Gasteiger partial charge in [-0.05, 0) is 31.2 Å². The van der Waals surface area contributed by atoms with E-state index in [9.17, 15) is 13.2 Å². The van der Waals surface area contributed by atoms with Crippen molar-refractivity contribution in [3.63, 3.8) is 0 Å². The molecule has 7 nitrogen and oxygen atoms in total. The summed E-state index contributed by atoms with van der Waals surface area (Å²) in [5, 5.41) is 3.94. The molecule has 4 rings (SSSR count). The van der Waals surface area contributed by atoms with Gasteiger partial charge >= 0.3 is 0 Å². The van der Waals surface area contributed by atoms with Crippen molar-refractivity contribution in [2.75, 3.05) is 19.8 Å². The van der Waals surface area contributed by atoms with Crippen LogP contribution in [0.5, 0.6) is 0 Å². The summed E-state index contributed by atoms with van der Waals surface area (Å²) in [4.78, 5) is 17.7. The van der Waals surface area contributed by atoms with Crippen LogP contribution in [0.2, 0.25) is 0 Å². The molecule has 0 saturated heterocycles. The summed E-state index contributed by atoms with van der Waals surface area (Å²) < 4.78 is 27.7. The van der Waals surface area contributed by atoms with E-state index in [1.807, 2.05) is 19.1 Å². The monoisotopic (exact) mass is 456 g/mol. The third-order valence-corrected chi connectivity index (χ3v) is 8.01. The summed E-state index contributed by atoms with van der Waals surface area (Å²) in [5.41, 5.74) is 4.47. The Morgan fingerprint density at radius 3 is 2.45 bits per heavy atom. The maximum absolute atomic E-state index is 12.7. The van der Waals surface area contributed by atoms with Crippen LogP contribution in [0.25, 0.3) is 11.3 Å². The third-order valence-electron chi connectivity index (χ3n) is 5.22. The fourth-order valence-corrected chi connectivity index (χ4v) is 5.28. The molecule has 0 bridgehead atoms. The number of benzene rings is 2. The van der Waals surface area contributed by atoms with Gasteiger partial charge in [0.25, 0.3) is 5.91 Å². The average molecular weight is 457 g/mol. The van der Waals surface area contributed by atoms with Crippen LogP contribution in [0.3, 0.4) is 0 Å². The number of rotatable bonds is 6. The molecule has 31 heavy (non-hydrogen) atoms. The number of sulfonamides is 1. The van der Waals surface area contributed by atoms with Crippen LogP contribution in [-0.2, 0) is 23.1 Å². The maximum Gasteiger partial charge on any atom is 0.251 e. The Labute approximate surface area is 186 Å². The first kappa shape index (κ1) is 21.6. The highest BCUT2D eigenvalue weighted by atomic mass is 32.2. The molecule has 1 amide bonds. The maximum atomic E-state index is 12.7. The van der Waals surface area contributed by atoms with E-state index >= 15 is 0 Å². The Kier molecular flexibility index (Phi) is 5.92. The molecular formula is C22H24N4O3S2. The van der Waals surface area contributed by atoms with Gasteiger partial charge in [0, 0.05) is 37.5 Å². The molecule has 0 saturated carbocycles. The topological polar surface area (TPSA) is 84.3 Å². The average Bonchev–Trinajstić information content (AvgIpc) is 3.34. The van der Waals surface area contributed by atoms with Gasteiger partial charge in [-0.25, -0.2) is 17.7 Å². The van der Waals surface area contributed by atoms with Gasteiger partial charge in [0.1, 0.15) is 0 Å². The summed E-state index contributed by atoms with van der Waals surface area (Å²) in [6.45, 7) is 3.25. The van der Waals surface area contributed by atoms with E-state index in [1.165, 1.54) is 43.9 Å². The molecule has 0 fully saturated rings. The molecule has 1 aromatic heterocycles. The van der Waals surface area contributed by atoms with E-state index in [2.05, 4.69) is 22.0 Å². The van der Waals surface area contributed by atoms with Crippen molar-refractivity contribution in [1.82, 2.24) is 19.2 Å². The van der Waals surface area contributed by atoms with Crippen LogP contribution in [0.15, 0.2) is 58.6 Å². The van der Waals surface area contributed by atoms with Crippen LogP contribution < -0.4 is 5.32 Å². The van der Waals surface area contributed by atoms with Gasteiger partial charge < -0.3 is 9.88 Å². The minimum absolute atomic E-state index is 0.154. The Morgan fingerprint density at radius 1 is 1.13 bits per heavy atom. The predicted octanol–water partition coefficient (Wildman–Crippen LogP) is 3.14. The number of carbonyl (C=O) groups is 1. The predicted molar refractivity (Wildman–Crippen MR) is 122 cm³/mol. The lowest BCUT2D eigenvalue weighted by Gasteiger charge is -2.12. The molecule has 2 aromatic carbocycles. The number of hydrogen-bond acceptors (Lipinski definition) is 5. The van der Waals surface area contributed by atoms with Gasteiger partial charge in [-0.1, -0.05) is 41.6 Å². The Morgan fingerprint density at radius 2 is 1.81 bits per heavy atom. The number of carbonyl (C=O) groups excluding carboxylic acids is 1. The highest BCUT2D eigenvalue weighted by Gasteiger charge is 2.23. The number of imidazole rings is 1. The van der Waals surface area contributed by atoms with Crippen molar-refractivity contribution in [2.45, 2.75) is 30.1 Å². The van der Waals surface area contributed by atoms with E-state index in [0.29, 0.717) is 12.1 Å². The third kappa shape index (κ3) is 4.26. The van der Waals surface area contributed by atoms with Gasteiger partial charge in [-0.2, -0.15) is 0 Å². The molecular weight excluding hydrogens is 432 g/mol. The highest BCUT2D eigenvalue weighted by molar-refractivity contribution is 7.99. The number of aryl methyl sites for hydroxylation is 1. The Bertz CT molecular complexity index is 1210. The standard InChI is InChI=1S/C22H24N4O3S2/c1-15-4-6-16(7-5-15)20-19(26-12-13-30-22(26)24-20)14-23-21(27)17-8-10-18(11-9-17)31(28,29)25(2)3/h4-11H,12-14H2,1-3H3,(H,23,27). The molecule has 2 heterocycles. The largest absolute Gasteiger partial charge is 0.346 e. The quantitative estimate of drug-likeness (QED) is 0.616. The summed E-state index contributed by atoms with van der Waals surface area (Å²) in [6, 6.07) is 14.2. The van der Waals surface area contributed by atoms with Crippen molar-refractivity contribution in [3.8, 4) is 11.3 Å². The zero-order valence-corrected chi connectivity index (χ0v) is 19.3. The number of fused-ring (bicyclic) bond motifs is 1. The lowest BCUT2D eigenvalue weighted by molar-refractivity contribution is 0.0950. The van der Waals surface area contributed by atoms with Crippen molar-refractivity contribution >= 4 is 27.7 Å². The van der Waals surface area contributed by atoms with Crippen LogP contribution in [0, 0.1) is 6.92 Å². The second-order valence-electron chi connectivity index (χ2n) is 7.55. The number of aromatic nitrogens is 2. The number of amides is 1. The zero-order valence-electron chi connectivity index (χ0n) is 17.6. The highest BCUT2D eigenvalue weighted by Crippen LogP contribution is 2.33. The molecule has 9 heteroatoms. The Balaban J connectivity index is 1.54. The van der Waals surface area contributed by atoms with Gasteiger partial charge in [0.15, 0.2) is 5.16 Å². The summed E-state index contributed by atoms with van der Waals surface area (Å²) >= 11 is 1.72. The molecule has 0 atom stereocenters. The smallest absolute Gasteiger partial charge is 0.251 e. The molecule has 162 valence electrons. The normalized spacial score (nSPS) is 13.4. The summed E-state index contributed by atoms with van der Waals surface area (Å²) in [5.74, 6) is 0.712. The molecule has 0 aliphatic carbocycles. The second-order valence-corrected chi connectivity index (χ2v) is 10.8. The molecule has 1 aliphatic heterocycles. The van der Waals surface area contributed by atoms with Crippen LogP contribution in [0.1, 0.15) is 21.6 Å². The van der Waals surface area contributed by atoms with Crippen molar-refractivity contribution in [2.24, 2.45) is 0 Å². The van der Waals surface area contributed by atoms with E-state index in [0.717, 1.165) is 38.7 Å². The minimum atomic E-state index is -3.53. The lowest BCUT2D eigenvalue weighted by Crippen LogP contribution is -2.25. The van der Waals surface area contributed by atoms with Crippen molar-refractivity contribution in [1.29, 1.82) is 0 Å². The first-order valence-corrected chi connectivity index (χ1v) is 12.3. The zero-order chi connectivity index (χ0) is 22.2. The molecule has 1 aliphatic rings. The first-order chi connectivity index (χ1) is 14.8. The van der Waals surface area contributed by atoms with Crippen molar-refractivity contribution in [3.05, 3.63) is 65.4 Å². The van der Waals surface area contributed by atoms with Crippen molar-refractivity contribution < 1.29 is 13.2 Å². The summed E-state index contributed by atoms with van der Waals surface area (Å²) in [6.07, 6.45) is 0. The van der Waals surface area contributed by atoms with E-state index in [1.54, 1.807) is 11.8 Å². The molecule has 0 unspecified atom stereocenters. The van der Waals surface area contributed by atoms with Crippen LogP contribution in [-0.4, -0.2) is 48.0 Å². The van der Waals surface area contributed by atoms with Crippen LogP contribution >= 0.6 is 11.8 Å². The van der Waals surface area contributed by atoms with Gasteiger partial charge in [-0.15, -0.1) is 0 Å². The number of thioether (sulfide) groups is 1. The minimum Gasteiger partial charge on any atom is -0.346 e. The fourth-order valence-electron chi connectivity index (χ4n) is 3.41. The molecule has 3 aromatic rings. The lowest BCUT2D eigenvalue weighted by atomic mass is 10.1. The van der Waals surface area contributed by atoms with E-state index in [4.69, 9.17) is 4.98 Å². The molecule has 0 radical (unpaired) electrons.